The van der Waals surface area contributed by atoms with Crippen molar-refractivity contribution >= 4 is 33.5 Å². The number of nitrogens with zero attached hydrogens (tertiary/aromatic N) is 3. The van der Waals surface area contributed by atoms with Crippen LogP contribution < -0.4 is 5.43 Å². The third-order valence-electron chi connectivity index (χ3n) is 4.83. The normalized spacial score (nSPS) is 11.3. The molecule has 0 aliphatic rings. The Morgan fingerprint density at radius 3 is 2.25 bits per heavy atom. The highest BCUT2D eigenvalue weighted by Crippen LogP contribution is 2.29. The second kappa shape index (κ2) is 8.60. The molecule has 0 fully saturated rings. The molecule has 4 rings (SSSR count). The zero-order valence-electron chi connectivity index (χ0n) is 16.4. The molecule has 0 aromatic heterocycles. The molecule has 8 nitrogen and oxygen atoms in total. The second-order valence-electron chi connectivity index (χ2n) is 6.83. The van der Waals surface area contributed by atoms with Crippen LogP contribution >= 0.6 is 0 Å². The number of fused-ring (bicyclic) bond motifs is 1. The van der Waals surface area contributed by atoms with Gasteiger partial charge in [-0.25, -0.2) is 4.39 Å². The summed E-state index contributed by atoms with van der Waals surface area (Å²) >= 11 is 0. The number of benzene rings is 4. The first kappa shape index (κ1) is 20.6. The van der Waals surface area contributed by atoms with Gasteiger partial charge in [-0.3, -0.25) is 25.7 Å². The van der Waals surface area contributed by atoms with Crippen LogP contribution in [-0.2, 0) is 0 Å². The summed E-state index contributed by atoms with van der Waals surface area (Å²) in [6, 6.07) is 22.3. The quantitative estimate of drug-likeness (QED) is 0.241. The first-order valence-corrected chi connectivity index (χ1v) is 9.44. The summed E-state index contributed by atoms with van der Waals surface area (Å²) in [4.78, 5) is 20.9. The topological polar surface area (TPSA) is 111 Å². The molecule has 32 heavy (non-hydrogen) atoms. The maximum atomic E-state index is 14.6. The molecule has 0 saturated carbocycles. The fourth-order valence-electron chi connectivity index (χ4n) is 3.27. The van der Waals surface area contributed by atoms with E-state index in [1.807, 2.05) is 36.4 Å². The van der Waals surface area contributed by atoms with Crippen molar-refractivity contribution in [2.24, 2.45) is 5.10 Å². The molecule has 158 valence electrons. The maximum Gasteiger partial charge on any atom is 0.301 e. The van der Waals surface area contributed by atoms with E-state index in [2.05, 4.69) is 10.5 Å². The van der Waals surface area contributed by atoms with Gasteiger partial charge in [-0.2, -0.15) is 5.10 Å². The number of nitro benzene ring substituents is 2. The van der Waals surface area contributed by atoms with Crippen LogP contribution in [0.25, 0.3) is 10.8 Å². The van der Waals surface area contributed by atoms with Gasteiger partial charge in [-0.1, -0.05) is 48.5 Å². The summed E-state index contributed by atoms with van der Waals surface area (Å²) in [6.45, 7) is 0. The van der Waals surface area contributed by atoms with Crippen molar-refractivity contribution in [3.8, 4) is 0 Å². The molecule has 4 aromatic carbocycles. The van der Waals surface area contributed by atoms with Gasteiger partial charge >= 0.3 is 5.69 Å². The first-order chi connectivity index (χ1) is 15.4. The van der Waals surface area contributed by atoms with E-state index in [0.717, 1.165) is 22.9 Å². The molecule has 0 aliphatic heterocycles. The van der Waals surface area contributed by atoms with Crippen molar-refractivity contribution in [2.75, 3.05) is 5.43 Å². The summed E-state index contributed by atoms with van der Waals surface area (Å²) in [6.07, 6.45) is 0. The summed E-state index contributed by atoms with van der Waals surface area (Å²) in [5, 5.41) is 28.6. The van der Waals surface area contributed by atoms with E-state index in [4.69, 9.17) is 0 Å². The van der Waals surface area contributed by atoms with Crippen molar-refractivity contribution in [1.82, 2.24) is 0 Å². The molecular weight excluding hydrogens is 415 g/mol. The molecule has 9 heteroatoms. The molecule has 0 aliphatic carbocycles. The van der Waals surface area contributed by atoms with Gasteiger partial charge in [0.05, 0.1) is 15.9 Å². The minimum absolute atomic E-state index is 0.0600. The van der Waals surface area contributed by atoms with Crippen molar-refractivity contribution < 1.29 is 14.2 Å². The molecular formula is C23H15FN4O4. The third kappa shape index (κ3) is 4.12. The standard InChI is InChI=1S/C23H15FN4O4/c24-20-8-4-3-7-19(20)23(17-10-9-15-5-1-2-6-16(15)13-17)26-25-21-12-11-18(27(29)30)14-22(21)28(31)32/h1-14,25H/b26-23+. The van der Waals surface area contributed by atoms with E-state index >= 15 is 0 Å². The van der Waals surface area contributed by atoms with Crippen LogP contribution in [0.5, 0.6) is 0 Å². The van der Waals surface area contributed by atoms with Gasteiger partial charge in [0, 0.05) is 17.2 Å². The molecule has 0 amide bonds. The predicted molar refractivity (Wildman–Crippen MR) is 119 cm³/mol. The average molecular weight is 430 g/mol. The van der Waals surface area contributed by atoms with Gasteiger partial charge in [0.1, 0.15) is 17.2 Å². The number of rotatable bonds is 6. The van der Waals surface area contributed by atoms with Crippen LogP contribution in [-0.4, -0.2) is 15.6 Å². The van der Waals surface area contributed by atoms with E-state index in [1.54, 1.807) is 24.3 Å². The Bertz CT molecular complexity index is 1390. The number of hydrazone groups is 1. The van der Waals surface area contributed by atoms with Crippen molar-refractivity contribution in [1.29, 1.82) is 0 Å². The predicted octanol–water partition coefficient (Wildman–Crippen LogP) is 5.66. The monoisotopic (exact) mass is 430 g/mol. The van der Waals surface area contributed by atoms with Gasteiger partial charge in [-0.05, 0) is 35.0 Å². The van der Waals surface area contributed by atoms with E-state index < -0.39 is 27.0 Å². The smallest absolute Gasteiger partial charge is 0.271 e. The lowest BCUT2D eigenvalue weighted by atomic mass is 9.99. The van der Waals surface area contributed by atoms with Gasteiger partial charge in [0.2, 0.25) is 0 Å². The van der Waals surface area contributed by atoms with Crippen LogP contribution in [0.2, 0.25) is 0 Å². The zero-order chi connectivity index (χ0) is 22.7. The van der Waals surface area contributed by atoms with E-state index in [9.17, 15) is 24.6 Å². The Balaban J connectivity index is 1.83. The van der Waals surface area contributed by atoms with Gasteiger partial charge in [-0.15, -0.1) is 0 Å². The fraction of sp³-hybridized carbons (Fsp3) is 0. The summed E-state index contributed by atoms with van der Waals surface area (Å²) in [5.74, 6) is -0.514. The number of anilines is 1. The maximum absolute atomic E-state index is 14.6. The lowest BCUT2D eigenvalue weighted by Crippen LogP contribution is -2.09. The van der Waals surface area contributed by atoms with Gasteiger partial charge < -0.3 is 0 Å². The molecule has 0 radical (unpaired) electrons. The fourth-order valence-corrected chi connectivity index (χ4v) is 3.27. The lowest BCUT2D eigenvalue weighted by Gasteiger charge is -2.11. The average Bonchev–Trinajstić information content (AvgIpc) is 2.80. The van der Waals surface area contributed by atoms with Crippen molar-refractivity contribution in [3.05, 3.63) is 122 Å². The lowest BCUT2D eigenvalue weighted by molar-refractivity contribution is -0.393. The number of halogens is 1. The van der Waals surface area contributed by atoms with Crippen molar-refractivity contribution in [2.45, 2.75) is 0 Å². The SMILES string of the molecule is O=[N+]([O-])c1ccc(N/N=C(\c2ccc3ccccc3c2)c2ccccc2F)c([N+](=O)[O-])c1. The molecule has 0 spiro atoms. The zero-order valence-corrected chi connectivity index (χ0v) is 16.4. The van der Waals surface area contributed by atoms with Gasteiger partial charge in [0.15, 0.2) is 0 Å². The van der Waals surface area contributed by atoms with E-state index in [1.165, 1.54) is 12.1 Å². The van der Waals surface area contributed by atoms with Crippen LogP contribution in [0.1, 0.15) is 11.1 Å². The molecule has 4 aromatic rings. The Morgan fingerprint density at radius 1 is 0.812 bits per heavy atom. The molecule has 0 atom stereocenters. The Hall–Kier alpha value is -4.66. The minimum atomic E-state index is -0.746. The molecule has 1 N–H and O–H groups in total. The highest BCUT2D eigenvalue weighted by Gasteiger charge is 2.20. The Labute approximate surface area is 180 Å². The van der Waals surface area contributed by atoms with Crippen LogP contribution in [0.3, 0.4) is 0 Å². The number of hydrogen-bond donors (Lipinski definition) is 1. The van der Waals surface area contributed by atoms with Crippen LogP contribution in [0.4, 0.5) is 21.5 Å². The third-order valence-corrected chi connectivity index (χ3v) is 4.83. The number of hydrogen-bond acceptors (Lipinski definition) is 6. The number of nitrogens with one attached hydrogen (secondary N) is 1. The summed E-state index contributed by atoms with van der Waals surface area (Å²) < 4.78 is 14.6. The Kier molecular flexibility index (Phi) is 5.54. The van der Waals surface area contributed by atoms with Crippen molar-refractivity contribution in [3.63, 3.8) is 0 Å². The van der Waals surface area contributed by atoms with E-state index in [0.29, 0.717) is 5.56 Å². The molecule has 0 bridgehead atoms. The summed E-state index contributed by atoms with van der Waals surface area (Å²) in [5.41, 5.74) is 2.60. The van der Waals surface area contributed by atoms with Gasteiger partial charge in [0.25, 0.3) is 5.69 Å². The van der Waals surface area contributed by atoms with Crippen LogP contribution in [0, 0.1) is 26.0 Å². The minimum Gasteiger partial charge on any atom is -0.271 e. The Morgan fingerprint density at radius 2 is 1.53 bits per heavy atom. The molecule has 0 saturated heterocycles. The number of non-ortho nitro benzene ring substituents is 1. The number of nitro groups is 2. The molecule has 0 heterocycles. The van der Waals surface area contributed by atoms with E-state index in [-0.39, 0.29) is 17.0 Å². The highest BCUT2D eigenvalue weighted by atomic mass is 19.1. The summed E-state index contributed by atoms with van der Waals surface area (Å²) in [7, 11) is 0. The van der Waals surface area contributed by atoms with Crippen LogP contribution in [0.15, 0.2) is 90.0 Å². The highest BCUT2D eigenvalue weighted by molar-refractivity contribution is 6.14. The second-order valence-corrected chi connectivity index (χ2v) is 6.83. The first-order valence-electron chi connectivity index (χ1n) is 9.44. The largest absolute Gasteiger partial charge is 0.301 e. The molecule has 0 unspecified atom stereocenters.